The van der Waals surface area contributed by atoms with Gasteiger partial charge in [-0.2, -0.15) is 0 Å². The second-order valence-corrected chi connectivity index (χ2v) is 7.57. The fraction of sp³-hybridized carbons (Fsp3) is 0.650. The molecule has 33 heavy (non-hydrogen) atoms. The lowest BCUT2D eigenvalue weighted by molar-refractivity contribution is -0.307. The van der Waals surface area contributed by atoms with Crippen molar-refractivity contribution in [1.29, 1.82) is 0 Å². The summed E-state index contributed by atoms with van der Waals surface area (Å²) in [5, 5.41) is 60.1. The molecule has 1 unspecified atom stereocenters. The first kappa shape index (κ1) is 25.6. The van der Waals surface area contributed by atoms with Crippen LogP contribution in [0.3, 0.4) is 0 Å². The molecule has 0 radical (unpaired) electrons. The Morgan fingerprint density at radius 3 is 2.33 bits per heavy atom. The van der Waals surface area contributed by atoms with Gasteiger partial charge in [-0.3, -0.25) is 0 Å². The van der Waals surface area contributed by atoms with Gasteiger partial charge in [0.2, 0.25) is 6.29 Å². The second kappa shape index (κ2) is 10.9. The summed E-state index contributed by atoms with van der Waals surface area (Å²) in [5.41, 5.74) is -0.0349. The monoisotopic (exact) mass is 476 g/mol. The zero-order chi connectivity index (χ0) is 24.3. The van der Waals surface area contributed by atoms with Crippen molar-refractivity contribution in [1.82, 2.24) is 0 Å². The third-order valence-electron chi connectivity index (χ3n) is 5.38. The number of esters is 1. The van der Waals surface area contributed by atoms with Gasteiger partial charge in [-0.1, -0.05) is 0 Å². The fourth-order valence-electron chi connectivity index (χ4n) is 3.40. The summed E-state index contributed by atoms with van der Waals surface area (Å²) >= 11 is 0. The van der Waals surface area contributed by atoms with E-state index in [9.17, 15) is 35.4 Å². The average Bonchev–Trinajstić information content (AvgIpc) is 2.82. The Labute approximate surface area is 188 Å². The Bertz CT molecular complexity index is 804. The fourth-order valence-corrected chi connectivity index (χ4v) is 3.40. The minimum Gasteiger partial charge on any atom is -0.497 e. The summed E-state index contributed by atoms with van der Waals surface area (Å²) in [4.78, 5) is 12.1. The van der Waals surface area contributed by atoms with Gasteiger partial charge >= 0.3 is 5.97 Å². The first-order chi connectivity index (χ1) is 15.7. The quantitative estimate of drug-likeness (QED) is 0.220. The van der Waals surface area contributed by atoms with Crippen LogP contribution < -0.4 is 9.47 Å². The predicted molar refractivity (Wildman–Crippen MR) is 105 cm³/mol. The van der Waals surface area contributed by atoms with Crippen LogP contribution in [0.2, 0.25) is 0 Å². The van der Waals surface area contributed by atoms with Crippen LogP contribution in [0.25, 0.3) is 0 Å². The highest BCUT2D eigenvalue weighted by Crippen LogP contribution is 2.30. The third-order valence-corrected chi connectivity index (χ3v) is 5.38. The van der Waals surface area contributed by atoms with E-state index in [1.54, 1.807) is 0 Å². The highest BCUT2D eigenvalue weighted by molar-refractivity contribution is 5.93. The number of rotatable bonds is 7. The second-order valence-electron chi connectivity index (χ2n) is 7.57. The first-order valence-corrected chi connectivity index (χ1v) is 10.1. The van der Waals surface area contributed by atoms with Crippen LogP contribution in [0.5, 0.6) is 11.5 Å². The number of aliphatic hydroxyl groups is 6. The van der Waals surface area contributed by atoms with Crippen molar-refractivity contribution >= 4 is 5.97 Å². The number of hydrogen-bond acceptors (Lipinski definition) is 13. The van der Waals surface area contributed by atoms with Gasteiger partial charge in [0.15, 0.2) is 6.29 Å². The number of aliphatic hydroxyl groups excluding tert-OH is 6. The molecule has 13 heteroatoms. The van der Waals surface area contributed by atoms with E-state index < -0.39 is 67.9 Å². The van der Waals surface area contributed by atoms with Crippen molar-refractivity contribution in [2.24, 2.45) is 0 Å². The number of carbonyl (C=O) groups excluding carboxylic acids is 1. The Hall–Kier alpha value is -2.07. The van der Waals surface area contributed by atoms with E-state index >= 15 is 0 Å². The lowest BCUT2D eigenvalue weighted by Gasteiger charge is -2.41. The lowest BCUT2D eigenvalue weighted by Crippen LogP contribution is -2.61. The molecular formula is C20H28O13. The normalized spacial score (nSPS) is 36.8. The summed E-state index contributed by atoms with van der Waals surface area (Å²) in [6.07, 6.45) is -13.5. The molecule has 6 N–H and O–H groups in total. The first-order valence-electron chi connectivity index (χ1n) is 10.1. The number of benzene rings is 1. The molecule has 0 spiro atoms. The summed E-state index contributed by atoms with van der Waals surface area (Å²) < 4.78 is 31.4. The molecular weight excluding hydrogens is 448 g/mol. The third kappa shape index (κ3) is 5.54. The van der Waals surface area contributed by atoms with E-state index in [0.717, 1.165) is 0 Å². The van der Waals surface area contributed by atoms with E-state index in [-0.39, 0.29) is 17.9 Å². The molecule has 2 saturated heterocycles. The maximum absolute atomic E-state index is 12.1. The van der Waals surface area contributed by atoms with E-state index in [0.29, 0.717) is 5.75 Å². The van der Waals surface area contributed by atoms with Crippen molar-refractivity contribution < 1.29 is 63.9 Å². The minimum atomic E-state index is -1.71. The topological polar surface area (TPSA) is 194 Å². The van der Waals surface area contributed by atoms with Crippen molar-refractivity contribution in [2.45, 2.75) is 55.3 Å². The van der Waals surface area contributed by atoms with Crippen molar-refractivity contribution in [3.8, 4) is 11.5 Å². The van der Waals surface area contributed by atoms with Gasteiger partial charge in [-0.05, 0) is 18.2 Å². The smallest absolute Gasteiger partial charge is 0.341 e. The van der Waals surface area contributed by atoms with E-state index in [1.807, 2.05) is 0 Å². The van der Waals surface area contributed by atoms with Crippen LogP contribution in [0, 0.1) is 0 Å². The van der Waals surface area contributed by atoms with Crippen LogP contribution in [0.1, 0.15) is 10.4 Å². The zero-order valence-electron chi connectivity index (χ0n) is 17.9. The molecule has 2 heterocycles. The molecule has 2 fully saturated rings. The summed E-state index contributed by atoms with van der Waals surface area (Å²) in [6, 6.07) is 4.22. The van der Waals surface area contributed by atoms with Crippen LogP contribution in [-0.2, 0) is 18.9 Å². The van der Waals surface area contributed by atoms with Gasteiger partial charge < -0.3 is 59.1 Å². The van der Waals surface area contributed by atoms with Crippen molar-refractivity contribution in [3.63, 3.8) is 0 Å². The Morgan fingerprint density at radius 1 is 0.970 bits per heavy atom. The number of methoxy groups -OCH3 is 2. The molecule has 2 aliphatic rings. The maximum atomic E-state index is 12.1. The zero-order valence-corrected chi connectivity index (χ0v) is 17.9. The molecule has 2 aliphatic heterocycles. The van der Waals surface area contributed by atoms with Gasteiger partial charge in [0, 0.05) is 0 Å². The molecule has 1 aromatic carbocycles. The number of hydrogen-bond donors (Lipinski definition) is 6. The van der Waals surface area contributed by atoms with Crippen molar-refractivity contribution in [2.75, 3.05) is 27.4 Å². The lowest BCUT2D eigenvalue weighted by atomic mass is 9.99. The van der Waals surface area contributed by atoms with Crippen LogP contribution in [0.4, 0.5) is 0 Å². The predicted octanol–water partition coefficient (Wildman–Crippen LogP) is -2.88. The van der Waals surface area contributed by atoms with Gasteiger partial charge in [0.25, 0.3) is 0 Å². The highest BCUT2D eigenvalue weighted by Gasteiger charge is 2.46. The van der Waals surface area contributed by atoms with Crippen LogP contribution >= 0.6 is 0 Å². The molecule has 186 valence electrons. The molecule has 0 aromatic heterocycles. The van der Waals surface area contributed by atoms with Gasteiger partial charge in [-0.25, -0.2) is 4.79 Å². The standard InChI is InChI=1S/C20H28O13/c1-28-8-3-4-11(9(5-8)18(27)29-2)32-20-17(26)15(24)14(23)12(33-20)7-31-19-16(25)13(22)10(21)6-30-19/h3-5,10,12-17,19-26H,6-7H2,1-2H3/t10-,12?,13+,14-,15+,16-,17-,19+,20-/m1/s1. The molecule has 0 bridgehead atoms. The van der Waals surface area contributed by atoms with Gasteiger partial charge in [-0.15, -0.1) is 0 Å². The maximum Gasteiger partial charge on any atom is 0.341 e. The molecule has 9 atom stereocenters. The Morgan fingerprint density at radius 2 is 1.67 bits per heavy atom. The van der Waals surface area contributed by atoms with Crippen LogP contribution in [-0.4, -0.2) is 119 Å². The number of carbonyl (C=O) groups is 1. The van der Waals surface area contributed by atoms with Crippen LogP contribution in [0.15, 0.2) is 18.2 Å². The SMILES string of the molecule is COC(=O)c1cc(OC)ccc1O[C@@H]1OC(CO[C@@H]2OC[C@@H](O)[C@H](O)[C@H]2O)[C@@H](O)[C@H](O)[C@H]1O. The molecule has 3 rings (SSSR count). The van der Waals surface area contributed by atoms with Gasteiger partial charge in [0.05, 0.1) is 27.4 Å². The van der Waals surface area contributed by atoms with Gasteiger partial charge in [0.1, 0.15) is 59.8 Å². The van der Waals surface area contributed by atoms with E-state index in [1.165, 1.54) is 32.4 Å². The number of ether oxygens (including phenoxy) is 6. The minimum absolute atomic E-state index is 0.0349. The van der Waals surface area contributed by atoms with E-state index in [2.05, 4.69) is 0 Å². The molecule has 1 aromatic rings. The molecule has 0 saturated carbocycles. The largest absolute Gasteiger partial charge is 0.497 e. The summed E-state index contributed by atoms with van der Waals surface area (Å²) in [5.74, 6) is -0.454. The van der Waals surface area contributed by atoms with Crippen molar-refractivity contribution in [3.05, 3.63) is 23.8 Å². The Balaban J connectivity index is 1.71. The molecule has 0 amide bonds. The highest BCUT2D eigenvalue weighted by atomic mass is 16.7. The van der Waals surface area contributed by atoms with E-state index in [4.69, 9.17) is 28.4 Å². The Kier molecular flexibility index (Phi) is 8.44. The molecule has 0 aliphatic carbocycles. The summed E-state index contributed by atoms with van der Waals surface area (Å²) in [6.45, 7) is -0.736. The molecule has 13 nitrogen and oxygen atoms in total. The summed E-state index contributed by atoms with van der Waals surface area (Å²) in [7, 11) is 2.57. The average molecular weight is 476 g/mol.